The van der Waals surface area contributed by atoms with E-state index in [1.165, 1.54) is 12.1 Å². The summed E-state index contributed by atoms with van der Waals surface area (Å²) in [6.45, 7) is 2.47. The zero-order chi connectivity index (χ0) is 14.4. The maximum atomic E-state index is 13.6. The molecular formula is C15H18F2N2O. The van der Waals surface area contributed by atoms with Gasteiger partial charge in [-0.2, -0.15) is 0 Å². The second kappa shape index (κ2) is 7.17. The molecule has 0 amide bonds. The Morgan fingerprint density at radius 1 is 1.25 bits per heavy atom. The number of rotatable bonds is 7. The Labute approximate surface area is 117 Å². The second-order valence-corrected chi connectivity index (χ2v) is 4.53. The highest BCUT2D eigenvalue weighted by atomic mass is 19.1. The molecule has 0 aliphatic heterocycles. The quantitative estimate of drug-likeness (QED) is 0.789. The molecule has 5 heteroatoms. The van der Waals surface area contributed by atoms with Crippen LogP contribution in [0.3, 0.4) is 0 Å². The third kappa shape index (κ3) is 3.88. The van der Waals surface area contributed by atoms with Crippen molar-refractivity contribution in [2.24, 2.45) is 0 Å². The maximum Gasteiger partial charge on any atom is 0.131 e. The number of nitrogens with one attached hydrogen (secondary N) is 1. The van der Waals surface area contributed by atoms with Crippen molar-refractivity contribution in [3.05, 3.63) is 59.4 Å². The van der Waals surface area contributed by atoms with Crippen molar-refractivity contribution in [2.45, 2.75) is 13.1 Å². The van der Waals surface area contributed by atoms with Gasteiger partial charge in [-0.3, -0.25) is 0 Å². The molecule has 0 saturated carbocycles. The van der Waals surface area contributed by atoms with Gasteiger partial charge in [-0.15, -0.1) is 0 Å². The van der Waals surface area contributed by atoms with E-state index in [-0.39, 0.29) is 0 Å². The predicted octanol–water partition coefficient (Wildman–Crippen LogP) is 2.55. The Balaban J connectivity index is 2.01. The van der Waals surface area contributed by atoms with Gasteiger partial charge >= 0.3 is 0 Å². The van der Waals surface area contributed by atoms with Crippen LogP contribution in [-0.2, 0) is 17.8 Å². The SMILES string of the molecule is COCCNCc1cccn1Cc1ccc(F)cc1F. The number of ether oxygens (including phenoxy) is 1. The summed E-state index contributed by atoms with van der Waals surface area (Å²) in [4.78, 5) is 0. The average molecular weight is 280 g/mol. The van der Waals surface area contributed by atoms with Crippen LogP contribution in [0.2, 0.25) is 0 Å². The van der Waals surface area contributed by atoms with E-state index < -0.39 is 11.6 Å². The van der Waals surface area contributed by atoms with Gasteiger partial charge in [0.05, 0.1) is 13.2 Å². The Bertz CT molecular complexity index is 555. The lowest BCUT2D eigenvalue weighted by atomic mass is 10.2. The van der Waals surface area contributed by atoms with Crippen LogP contribution in [0.15, 0.2) is 36.5 Å². The smallest absolute Gasteiger partial charge is 0.131 e. The number of nitrogens with zero attached hydrogens (tertiary/aromatic N) is 1. The first kappa shape index (κ1) is 14.7. The van der Waals surface area contributed by atoms with Crippen LogP contribution in [0.5, 0.6) is 0 Å². The number of aromatic nitrogens is 1. The minimum absolute atomic E-state index is 0.389. The standard InChI is InChI=1S/C15H18F2N2O/c1-20-8-6-18-10-14-3-2-7-19(14)11-12-4-5-13(16)9-15(12)17/h2-5,7,9,18H,6,8,10-11H2,1H3. The lowest BCUT2D eigenvalue weighted by Crippen LogP contribution is -2.20. The van der Waals surface area contributed by atoms with Gasteiger partial charge in [-0.05, 0) is 18.2 Å². The Morgan fingerprint density at radius 3 is 2.85 bits per heavy atom. The van der Waals surface area contributed by atoms with E-state index in [4.69, 9.17) is 4.74 Å². The molecule has 1 N–H and O–H groups in total. The normalized spacial score (nSPS) is 10.9. The number of hydrogen-bond acceptors (Lipinski definition) is 2. The van der Waals surface area contributed by atoms with E-state index in [0.29, 0.717) is 25.3 Å². The van der Waals surface area contributed by atoms with Crippen LogP contribution in [0.4, 0.5) is 8.78 Å². The second-order valence-electron chi connectivity index (χ2n) is 4.53. The molecule has 0 fully saturated rings. The van der Waals surface area contributed by atoms with Crippen LogP contribution >= 0.6 is 0 Å². The van der Waals surface area contributed by atoms with Gasteiger partial charge in [-0.1, -0.05) is 6.07 Å². The lowest BCUT2D eigenvalue weighted by molar-refractivity contribution is 0.199. The van der Waals surface area contributed by atoms with Crippen LogP contribution in [0.25, 0.3) is 0 Å². The van der Waals surface area contributed by atoms with Crippen LogP contribution in [0.1, 0.15) is 11.3 Å². The number of benzene rings is 1. The summed E-state index contributed by atoms with van der Waals surface area (Å²) in [6, 6.07) is 7.55. The zero-order valence-corrected chi connectivity index (χ0v) is 11.4. The molecule has 0 radical (unpaired) electrons. The van der Waals surface area contributed by atoms with Crippen LogP contribution < -0.4 is 5.32 Å². The summed E-state index contributed by atoms with van der Waals surface area (Å²) >= 11 is 0. The molecule has 1 aromatic heterocycles. The van der Waals surface area contributed by atoms with E-state index in [0.717, 1.165) is 18.3 Å². The van der Waals surface area contributed by atoms with Crippen molar-refractivity contribution < 1.29 is 13.5 Å². The Morgan fingerprint density at radius 2 is 2.10 bits per heavy atom. The molecule has 0 aliphatic rings. The summed E-state index contributed by atoms with van der Waals surface area (Å²) in [5.74, 6) is -1.07. The van der Waals surface area contributed by atoms with Crippen molar-refractivity contribution in [1.29, 1.82) is 0 Å². The summed E-state index contributed by atoms with van der Waals surface area (Å²) in [5.41, 5.74) is 1.52. The molecule has 1 heterocycles. The third-order valence-corrected chi connectivity index (χ3v) is 3.07. The monoisotopic (exact) mass is 280 g/mol. The van der Waals surface area contributed by atoms with Gasteiger partial charge in [-0.25, -0.2) is 8.78 Å². The molecule has 2 aromatic rings. The maximum absolute atomic E-state index is 13.6. The average Bonchev–Trinajstić information content (AvgIpc) is 2.85. The molecule has 3 nitrogen and oxygen atoms in total. The Hall–Kier alpha value is -1.72. The van der Waals surface area contributed by atoms with E-state index >= 15 is 0 Å². The molecule has 0 spiro atoms. The summed E-state index contributed by atoms with van der Waals surface area (Å²) in [5, 5.41) is 3.24. The number of halogens is 2. The van der Waals surface area contributed by atoms with Gasteiger partial charge in [0.25, 0.3) is 0 Å². The summed E-state index contributed by atoms with van der Waals surface area (Å²) in [6.07, 6.45) is 1.89. The third-order valence-electron chi connectivity index (χ3n) is 3.07. The summed E-state index contributed by atoms with van der Waals surface area (Å²) < 4.78 is 33.4. The molecule has 108 valence electrons. The minimum atomic E-state index is -0.555. The van der Waals surface area contributed by atoms with Gasteiger partial charge in [0.1, 0.15) is 11.6 Å². The lowest BCUT2D eigenvalue weighted by Gasteiger charge is -2.11. The fourth-order valence-corrected chi connectivity index (χ4v) is 1.99. The van der Waals surface area contributed by atoms with Crippen molar-refractivity contribution in [2.75, 3.05) is 20.3 Å². The van der Waals surface area contributed by atoms with E-state index in [2.05, 4.69) is 5.32 Å². The van der Waals surface area contributed by atoms with Gasteiger partial charge in [0.2, 0.25) is 0 Å². The highest BCUT2D eigenvalue weighted by Crippen LogP contribution is 2.13. The molecule has 0 unspecified atom stereocenters. The van der Waals surface area contributed by atoms with Gasteiger partial charge in [0, 0.05) is 43.7 Å². The molecule has 2 rings (SSSR count). The molecule has 0 aliphatic carbocycles. The van der Waals surface area contributed by atoms with Crippen molar-refractivity contribution in [3.63, 3.8) is 0 Å². The molecule has 0 saturated heterocycles. The number of methoxy groups -OCH3 is 1. The van der Waals surface area contributed by atoms with E-state index in [1.807, 2.05) is 22.9 Å². The molecule has 0 bridgehead atoms. The predicted molar refractivity (Wildman–Crippen MR) is 73.5 cm³/mol. The largest absolute Gasteiger partial charge is 0.383 e. The molecule has 0 atom stereocenters. The minimum Gasteiger partial charge on any atom is -0.383 e. The van der Waals surface area contributed by atoms with Gasteiger partial charge in [0.15, 0.2) is 0 Å². The zero-order valence-electron chi connectivity index (χ0n) is 11.4. The van der Waals surface area contributed by atoms with E-state index in [1.54, 1.807) is 7.11 Å². The first-order valence-corrected chi connectivity index (χ1v) is 6.48. The molecule has 1 aromatic carbocycles. The first-order chi connectivity index (χ1) is 9.70. The van der Waals surface area contributed by atoms with E-state index in [9.17, 15) is 8.78 Å². The molecule has 20 heavy (non-hydrogen) atoms. The highest BCUT2D eigenvalue weighted by Gasteiger charge is 2.07. The first-order valence-electron chi connectivity index (χ1n) is 6.48. The Kier molecular flexibility index (Phi) is 5.26. The number of hydrogen-bond donors (Lipinski definition) is 1. The topological polar surface area (TPSA) is 26.2 Å². The van der Waals surface area contributed by atoms with Crippen molar-refractivity contribution in [3.8, 4) is 0 Å². The van der Waals surface area contributed by atoms with Crippen molar-refractivity contribution in [1.82, 2.24) is 9.88 Å². The fraction of sp³-hybridized carbons (Fsp3) is 0.333. The van der Waals surface area contributed by atoms with Crippen LogP contribution in [-0.4, -0.2) is 24.8 Å². The van der Waals surface area contributed by atoms with Crippen molar-refractivity contribution >= 4 is 0 Å². The van der Waals surface area contributed by atoms with Gasteiger partial charge < -0.3 is 14.6 Å². The van der Waals surface area contributed by atoms with Crippen LogP contribution in [0, 0.1) is 11.6 Å². The summed E-state index contributed by atoms with van der Waals surface area (Å²) in [7, 11) is 1.65. The highest BCUT2D eigenvalue weighted by molar-refractivity contribution is 5.20. The fourth-order valence-electron chi connectivity index (χ4n) is 1.99. The molecular weight excluding hydrogens is 262 g/mol.